The van der Waals surface area contributed by atoms with Gasteiger partial charge in [-0.15, -0.1) is 0 Å². The maximum atomic E-state index is 13.9. The van der Waals surface area contributed by atoms with Crippen molar-refractivity contribution in [3.05, 3.63) is 104 Å². The van der Waals surface area contributed by atoms with Gasteiger partial charge < -0.3 is 50.1 Å². The Bertz CT molecular complexity index is 2770. The van der Waals surface area contributed by atoms with Crippen LogP contribution in [-0.2, 0) is 61.4 Å². The number of benzene rings is 2. The maximum Gasteiger partial charge on any atom is 0.315 e. The fourth-order valence-corrected chi connectivity index (χ4v) is 13.7. The van der Waals surface area contributed by atoms with E-state index in [1.54, 1.807) is 52.8 Å². The van der Waals surface area contributed by atoms with Crippen molar-refractivity contribution >= 4 is 82.2 Å². The summed E-state index contributed by atoms with van der Waals surface area (Å²) in [5.41, 5.74) is 2.37. The van der Waals surface area contributed by atoms with E-state index in [1.807, 2.05) is 43.9 Å². The van der Waals surface area contributed by atoms with Crippen LogP contribution in [0.3, 0.4) is 0 Å². The van der Waals surface area contributed by atoms with Gasteiger partial charge in [-0.2, -0.15) is 0 Å². The number of aryl methyl sites for hydroxylation is 2. The molecule has 460 valence electrons. The number of amides is 6. The van der Waals surface area contributed by atoms with Gasteiger partial charge in [0.15, 0.2) is 0 Å². The van der Waals surface area contributed by atoms with Crippen LogP contribution in [0.1, 0.15) is 146 Å². The number of urea groups is 2. The Hall–Kier alpha value is -5.56. The molecule has 2 aliphatic carbocycles. The molecule has 22 heteroatoms. The number of aromatic nitrogens is 4. The molecule has 2 saturated heterocycles. The third kappa shape index (κ3) is 18.5. The lowest BCUT2D eigenvalue weighted by molar-refractivity contribution is -0.166. The molecule has 2 atom stereocenters. The molecule has 2 aliphatic heterocycles. The Morgan fingerprint density at radius 3 is 1.71 bits per heavy atom. The number of likely N-dealkylation sites (tertiary alicyclic amines) is 2. The van der Waals surface area contributed by atoms with Gasteiger partial charge >= 0.3 is 24.0 Å². The highest BCUT2D eigenvalue weighted by Crippen LogP contribution is 2.48. The first-order chi connectivity index (χ1) is 40.5. The molecular weight excluding hydrogens is 1150 g/mol. The fourth-order valence-electron chi connectivity index (χ4n) is 12.9. The van der Waals surface area contributed by atoms with Crippen molar-refractivity contribution in [1.82, 2.24) is 50.6 Å². The number of unbranched alkanes of at least 4 members (excludes halogenated alkanes) is 2. The van der Waals surface area contributed by atoms with E-state index in [9.17, 15) is 28.8 Å². The molecule has 5 N–H and O–H groups in total. The van der Waals surface area contributed by atoms with Crippen LogP contribution in [0.5, 0.6) is 0 Å². The van der Waals surface area contributed by atoms with Gasteiger partial charge in [-0.1, -0.05) is 103 Å². The van der Waals surface area contributed by atoms with Gasteiger partial charge in [-0.25, -0.2) is 19.6 Å². The summed E-state index contributed by atoms with van der Waals surface area (Å²) in [4.78, 5) is 95.1. The zero-order chi connectivity index (χ0) is 60.1. The lowest BCUT2D eigenvalue weighted by atomic mass is 9.63. The number of aromatic amines is 1. The lowest BCUT2D eigenvalue weighted by Gasteiger charge is -2.46. The van der Waals surface area contributed by atoms with Crippen molar-refractivity contribution in [3.63, 3.8) is 0 Å². The number of esters is 2. The van der Waals surface area contributed by atoms with Crippen LogP contribution in [-0.4, -0.2) is 130 Å². The zero-order valence-corrected chi connectivity index (χ0v) is 52.1. The highest BCUT2D eigenvalue weighted by Gasteiger charge is 2.51. The summed E-state index contributed by atoms with van der Waals surface area (Å²) >= 11 is 24.9. The van der Waals surface area contributed by atoms with Crippen molar-refractivity contribution in [2.24, 2.45) is 29.7 Å². The van der Waals surface area contributed by atoms with Crippen LogP contribution >= 0.6 is 46.4 Å². The van der Waals surface area contributed by atoms with Crippen LogP contribution in [0.2, 0.25) is 20.1 Å². The highest BCUT2D eigenvalue weighted by atomic mass is 35.5. The SMILES string of the molecule is CCOC(=O)C1(C2CCCCC2)CCN(C(=O)[C@@H](Cc2ccc(Cl)c(Cl)c2)NC(=O)NCCCCCc2cnc[nH]2)CC1.CCOC(=O)C1(C2CCCCC2)CCN(C(=O)[C@@H](Cc2ccc(Cl)cc2Cl)NC(=O)NCCc2cn(C)cn2)CC1. The first-order valence-electron chi connectivity index (χ1n) is 30.4. The minimum atomic E-state index is -0.840. The molecule has 0 radical (unpaired) electrons. The molecule has 2 saturated carbocycles. The van der Waals surface area contributed by atoms with Gasteiger partial charge in [0, 0.05) is 93.7 Å². The van der Waals surface area contributed by atoms with Crippen molar-refractivity contribution < 1.29 is 38.2 Å². The molecule has 2 aromatic heterocycles. The Morgan fingerprint density at radius 2 is 1.21 bits per heavy atom. The van der Waals surface area contributed by atoms with Gasteiger partial charge in [-0.3, -0.25) is 19.2 Å². The first-order valence-corrected chi connectivity index (χ1v) is 31.9. The van der Waals surface area contributed by atoms with Crippen LogP contribution in [0.15, 0.2) is 61.4 Å². The van der Waals surface area contributed by atoms with Crippen LogP contribution in [0.25, 0.3) is 0 Å². The number of carbonyl (C=O) groups is 6. The van der Waals surface area contributed by atoms with Gasteiger partial charge in [0.1, 0.15) is 12.1 Å². The van der Waals surface area contributed by atoms with Crippen molar-refractivity contribution in [2.45, 2.75) is 161 Å². The molecule has 4 fully saturated rings. The predicted molar refractivity (Wildman–Crippen MR) is 327 cm³/mol. The van der Waals surface area contributed by atoms with Crippen LogP contribution in [0.4, 0.5) is 9.59 Å². The Labute approximate surface area is 515 Å². The third-order valence-electron chi connectivity index (χ3n) is 17.5. The third-order valence-corrected chi connectivity index (χ3v) is 18.9. The topological polar surface area (TPSA) is 222 Å². The number of H-pyrrole nitrogens is 1. The first kappa shape index (κ1) is 66.0. The molecule has 0 bridgehead atoms. The summed E-state index contributed by atoms with van der Waals surface area (Å²) in [5.74, 6) is -0.0524. The quantitative estimate of drug-likeness (QED) is 0.0349. The van der Waals surface area contributed by atoms with E-state index >= 15 is 0 Å². The summed E-state index contributed by atoms with van der Waals surface area (Å²) in [5, 5.41) is 13.3. The van der Waals surface area contributed by atoms with Gasteiger partial charge in [0.05, 0.1) is 52.4 Å². The normalized spacial score (nSPS) is 17.8. The van der Waals surface area contributed by atoms with Crippen molar-refractivity contribution in [1.29, 1.82) is 0 Å². The zero-order valence-electron chi connectivity index (χ0n) is 49.1. The highest BCUT2D eigenvalue weighted by molar-refractivity contribution is 6.42. The van der Waals surface area contributed by atoms with E-state index in [0.717, 1.165) is 94.0 Å². The molecule has 84 heavy (non-hydrogen) atoms. The molecule has 18 nitrogen and oxygen atoms in total. The smallest absolute Gasteiger partial charge is 0.315 e. The number of imidazole rings is 2. The molecular formula is C62H86Cl4N10O8. The number of nitrogens with one attached hydrogen (secondary N) is 5. The number of carbonyl (C=O) groups excluding carboxylic acids is 6. The second-order valence-electron chi connectivity index (χ2n) is 23.0. The molecule has 6 amide bonds. The van der Waals surface area contributed by atoms with E-state index in [-0.39, 0.29) is 54.5 Å². The number of rotatable bonds is 23. The second kappa shape index (κ2) is 32.8. The van der Waals surface area contributed by atoms with Gasteiger partial charge in [0.25, 0.3) is 0 Å². The number of halogens is 4. The standard InChI is InChI=1S/C32H45Cl2N5O4.C30H41Cl2N5O4/c1-2-43-30(41)32(24-9-5-3-6-10-24)14-17-39(18-15-32)29(40)28(20-23-12-13-26(33)27(34)19-23)38-31(42)36-16-8-4-7-11-25-21-35-22-37-25;1-3-41-28(39)30(22-7-5-4-6-8-22)12-15-37(16-13-30)27(38)26(17-21-9-10-23(31)18-25(21)32)35-29(40)33-14-11-24-19-36(2)20-34-24/h12-13,19,21-22,24,28H,2-11,14-18,20H2,1H3,(H,35,37)(H2,36,38,42);9-10,18-20,22,26H,3-8,11-17H2,1-2H3,(H2,33,35,40)/t28-;26-/m11/s1. The van der Waals surface area contributed by atoms with Crippen LogP contribution < -0.4 is 21.3 Å². The Balaban J connectivity index is 0.000000241. The van der Waals surface area contributed by atoms with E-state index in [2.05, 4.69) is 36.2 Å². The molecule has 8 rings (SSSR count). The molecule has 4 aromatic rings. The number of hydrogen-bond acceptors (Lipinski definition) is 10. The second-order valence-corrected chi connectivity index (χ2v) is 24.7. The maximum absolute atomic E-state index is 13.9. The Morgan fingerprint density at radius 1 is 0.655 bits per heavy atom. The molecule has 0 spiro atoms. The summed E-state index contributed by atoms with van der Waals surface area (Å²) in [6.45, 7) is 7.03. The minimum absolute atomic E-state index is 0.122. The fraction of sp³-hybridized carbons (Fsp3) is 0.613. The summed E-state index contributed by atoms with van der Waals surface area (Å²) < 4.78 is 13.0. The summed E-state index contributed by atoms with van der Waals surface area (Å²) in [6.07, 6.45) is 25.1. The van der Waals surface area contributed by atoms with Gasteiger partial charge in [0.2, 0.25) is 11.8 Å². The number of hydrogen-bond donors (Lipinski definition) is 5. The summed E-state index contributed by atoms with van der Waals surface area (Å²) in [7, 11) is 1.89. The number of piperidine rings is 2. The van der Waals surface area contributed by atoms with E-state index in [4.69, 9.17) is 55.9 Å². The number of ether oxygens (including phenoxy) is 2. The van der Waals surface area contributed by atoms with E-state index < -0.39 is 28.9 Å². The lowest BCUT2D eigenvalue weighted by Crippen LogP contribution is -2.56. The van der Waals surface area contributed by atoms with Crippen molar-refractivity contribution in [3.8, 4) is 0 Å². The van der Waals surface area contributed by atoms with E-state index in [1.165, 1.54) is 12.8 Å². The average Bonchev–Trinajstić information content (AvgIpc) is 2.80. The van der Waals surface area contributed by atoms with Crippen molar-refractivity contribution in [2.75, 3.05) is 52.5 Å². The molecule has 0 unspecified atom stereocenters. The largest absolute Gasteiger partial charge is 0.466 e. The number of nitrogens with zero attached hydrogens (tertiary/aromatic N) is 5. The predicted octanol–water partition coefficient (Wildman–Crippen LogP) is 11.0. The van der Waals surface area contributed by atoms with Gasteiger partial charge in [-0.05, 0) is 132 Å². The molecule has 2 aromatic carbocycles. The van der Waals surface area contributed by atoms with E-state index in [0.29, 0.717) is 110 Å². The van der Waals surface area contributed by atoms with Crippen LogP contribution in [0, 0.1) is 22.7 Å². The average molecular weight is 1240 g/mol. The monoisotopic (exact) mass is 1240 g/mol. The summed E-state index contributed by atoms with van der Waals surface area (Å²) in [6, 6.07) is 7.92. The molecule has 4 heterocycles. The molecule has 4 aliphatic rings. The Kier molecular flexibility index (Phi) is 25.8. The minimum Gasteiger partial charge on any atom is -0.466 e.